The lowest BCUT2D eigenvalue weighted by Gasteiger charge is -2.38. The largest absolute Gasteiger partial charge is 0.545 e. The maximum Gasteiger partial charge on any atom is 0.338 e. The van der Waals surface area contributed by atoms with Crippen LogP contribution in [0, 0.1) is 5.92 Å². The van der Waals surface area contributed by atoms with E-state index in [4.69, 9.17) is 16.3 Å². The fraction of sp³-hybridized carbons (Fsp3) is 0.238. The number of benzene rings is 2. The highest BCUT2D eigenvalue weighted by Crippen LogP contribution is 2.52. The Morgan fingerprint density at radius 3 is 2.59 bits per heavy atom. The minimum absolute atomic E-state index is 0.0277. The summed E-state index contributed by atoms with van der Waals surface area (Å²) in [5.74, 6) is -1.37. The van der Waals surface area contributed by atoms with Crippen molar-refractivity contribution in [2.75, 3.05) is 12.4 Å². The number of allylic oxidation sites excluding steroid dienone is 2. The zero-order valence-electron chi connectivity index (χ0n) is 14.6. The molecule has 0 fully saturated rings. The average Bonchev–Trinajstić information content (AvgIpc) is 3.17. The molecule has 0 bridgehead atoms. The van der Waals surface area contributed by atoms with E-state index in [1.807, 2.05) is 0 Å². The molecule has 1 aliphatic heterocycles. The molecule has 0 unspecified atom stereocenters. The molecule has 27 heavy (non-hydrogen) atoms. The molecule has 138 valence electrons. The first kappa shape index (κ1) is 17.6. The first-order chi connectivity index (χ1) is 13.0. The van der Waals surface area contributed by atoms with E-state index in [0.717, 1.165) is 23.2 Å². The number of fused-ring (bicyclic) bond motifs is 3. The summed E-state index contributed by atoms with van der Waals surface area (Å²) in [4.78, 5) is 23.3. The van der Waals surface area contributed by atoms with Crippen LogP contribution in [0.2, 0.25) is 5.02 Å². The summed E-state index contributed by atoms with van der Waals surface area (Å²) >= 11 is 6.45. The predicted molar refractivity (Wildman–Crippen MR) is 99.9 cm³/mol. The van der Waals surface area contributed by atoms with Crippen molar-refractivity contribution in [2.24, 2.45) is 5.92 Å². The van der Waals surface area contributed by atoms with Crippen LogP contribution in [0.4, 0.5) is 5.69 Å². The Bertz CT molecular complexity index is 951. The van der Waals surface area contributed by atoms with Gasteiger partial charge in [-0.05, 0) is 41.2 Å². The number of nitrogens with one attached hydrogen (secondary N) is 1. The van der Waals surface area contributed by atoms with Gasteiger partial charge in [0.25, 0.3) is 0 Å². The lowest BCUT2D eigenvalue weighted by atomic mass is 9.75. The summed E-state index contributed by atoms with van der Waals surface area (Å²) in [6.07, 6.45) is 5.06. The molecular formula is C21H17ClNO4-. The van der Waals surface area contributed by atoms with E-state index in [1.54, 1.807) is 36.4 Å². The number of ether oxygens (including phenoxy) is 1. The highest BCUT2D eigenvalue weighted by molar-refractivity contribution is 6.33. The second-order valence-corrected chi connectivity index (χ2v) is 7.17. The number of carbonyl (C=O) groups excluding carboxylic acids is 2. The summed E-state index contributed by atoms with van der Waals surface area (Å²) in [6.45, 7) is 0. The van der Waals surface area contributed by atoms with Gasteiger partial charge in [0, 0.05) is 5.92 Å². The number of anilines is 1. The summed E-state index contributed by atoms with van der Waals surface area (Å²) < 4.78 is 4.94. The van der Waals surface area contributed by atoms with Gasteiger partial charge < -0.3 is 20.0 Å². The van der Waals surface area contributed by atoms with Gasteiger partial charge >= 0.3 is 5.97 Å². The van der Waals surface area contributed by atoms with Gasteiger partial charge in [-0.15, -0.1) is 0 Å². The van der Waals surface area contributed by atoms with E-state index in [-0.39, 0.29) is 29.4 Å². The zero-order chi connectivity index (χ0) is 19.1. The molecule has 0 aromatic heterocycles. The summed E-state index contributed by atoms with van der Waals surface area (Å²) in [5, 5.41) is 15.0. The van der Waals surface area contributed by atoms with Crippen molar-refractivity contribution in [1.29, 1.82) is 0 Å². The molecule has 6 heteroatoms. The summed E-state index contributed by atoms with van der Waals surface area (Å²) in [7, 11) is 1.36. The number of hydrogen-bond donors (Lipinski definition) is 1. The van der Waals surface area contributed by atoms with Crippen molar-refractivity contribution in [1.82, 2.24) is 0 Å². The lowest BCUT2D eigenvalue weighted by molar-refractivity contribution is -0.255. The molecule has 0 saturated carbocycles. The van der Waals surface area contributed by atoms with Crippen LogP contribution in [0.1, 0.15) is 50.2 Å². The van der Waals surface area contributed by atoms with E-state index in [0.29, 0.717) is 10.6 Å². The number of rotatable bonds is 3. The van der Waals surface area contributed by atoms with E-state index < -0.39 is 5.97 Å². The molecule has 2 aliphatic rings. The highest BCUT2D eigenvalue weighted by Gasteiger charge is 2.40. The fourth-order valence-corrected chi connectivity index (χ4v) is 4.34. The van der Waals surface area contributed by atoms with Crippen LogP contribution >= 0.6 is 11.6 Å². The van der Waals surface area contributed by atoms with Crippen molar-refractivity contribution in [3.05, 3.63) is 75.8 Å². The summed E-state index contributed by atoms with van der Waals surface area (Å²) in [6, 6.07) is 10.0. The Kier molecular flexibility index (Phi) is 4.40. The third-order valence-electron chi connectivity index (χ3n) is 5.38. The molecule has 0 spiro atoms. The molecule has 2 aromatic carbocycles. The van der Waals surface area contributed by atoms with Gasteiger partial charge in [0.1, 0.15) is 0 Å². The molecule has 2 aromatic rings. The van der Waals surface area contributed by atoms with Gasteiger partial charge in [-0.25, -0.2) is 4.79 Å². The number of aromatic carboxylic acids is 1. The van der Waals surface area contributed by atoms with Crippen LogP contribution in [-0.2, 0) is 4.74 Å². The smallest absolute Gasteiger partial charge is 0.338 e. The van der Waals surface area contributed by atoms with E-state index in [9.17, 15) is 14.7 Å². The van der Waals surface area contributed by atoms with Gasteiger partial charge in [-0.2, -0.15) is 0 Å². The standard InChI is InChI=1S/C21H18ClNO4/c1-27-21(26)15-9-10-16(22)19-17(15)13-3-2-4-14(13)18(23-19)11-5-7-12(8-6-11)20(24)25/h2-3,5-10,13-14,18,23H,4H2,1H3,(H,24,25)/p-1/t13-,14+,18+/m1/s1. The molecule has 1 aliphatic carbocycles. The average molecular weight is 383 g/mol. The number of esters is 1. The van der Waals surface area contributed by atoms with Crippen LogP contribution in [-0.4, -0.2) is 19.0 Å². The maximum atomic E-state index is 12.3. The Labute approximate surface area is 161 Å². The number of halogens is 1. The predicted octanol–water partition coefficient (Wildman–Crippen LogP) is 3.32. The van der Waals surface area contributed by atoms with Crippen LogP contribution in [0.15, 0.2) is 48.6 Å². The van der Waals surface area contributed by atoms with Gasteiger partial charge in [0.2, 0.25) is 0 Å². The molecule has 0 radical (unpaired) electrons. The van der Waals surface area contributed by atoms with Crippen LogP contribution in [0.3, 0.4) is 0 Å². The van der Waals surface area contributed by atoms with Crippen molar-refractivity contribution < 1.29 is 19.4 Å². The Balaban J connectivity index is 1.80. The van der Waals surface area contributed by atoms with Crippen molar-refractivity contribution in [3.8, 4) is 0 Å². The lowest BCUT2D eigenvalue weighted by Crippen LogP contribution is -2.31. The highest BCUT2D eigenvalue weighted by atomic mass is 35.5. The third kappa shape index (κ3) is 2.88. The van der Waals surface area contributed by atoms with Gasteiger partial charge in [-0.1, -0.05) is 48.0 Å². The zero-order valence-corrected chi connectivity index (χ0v) is 15.3. The van der Waals surface area contributed by atoms with Gasteiger partial charge in [-0.3, -0.25) is 0 Å². The van der Waals surface area contributed by atoms with E-state index in [2.05, 4.69) is 17.5 Å². The normalized spacial score (nSPS) is 22.5. The van der Waals surface area contributed by atoms with Crippen molar-refractivity contribution in [2.45, 2.75) is 18.4 Å². The van der Waals surface area contributed by atoms with Crippen LogP contribution in [0.5, 0.6) is 0 Å². The van der Waals surface area contributed by atoms with Crippen molar-refractivity contribution >= 4 is 29.2 Å². The Morgan fingerprint density at radius 1 is 1.19 bits per heavy atom. The first-order valence-corrected chi connectivity index (χ1v) is 9.04. The summed E-state index contributed by atoms with van der Waals surface area (Å²) in [5.41, 5.74) is 3.19. The van der Waals surface area contributed by atoms with Gasteiger partial charge in [0.15, 0.2) is 0 Å². The Hall–Kier alpha value is -2.79. The molecule has 1 heterocycles. The SMILES string of the molecule is COC(=O)c1ccc(Cl)c2c1[C@@H]1C=CC[C@@H]1[C@H](c1ccc(C(=O)[O-])cc1)N2. The molecule has 4 rings (SSSR count). The number of carboxylic acids is 1. The molecular weight excluding hydrogens is 366 g/mol. The third-order valence-corrected chi connectivity index (χ3v) is 5.69. The number of hydrogen-bond acceptors (Lipinski definition) is 5. The second-order valence-electron chi connectivity index (χ2n) is 6.76. The molecule has 1 N–H and O–H groups in total. The minimum atomic E-state index is -1.20. The van der Waals surface area contributed by atoms with Gasteiger partial charge in [0.05, 0.1) is 35.4 Å². The van der Waals surface area contributed by atoms with Crippen LogP contribution in [0.25, 0.3) is 0 Å². The first-order valence-electron chi connectivity index (χ1n) is 8.66. The Morgan fingerprint density at radius 2 is 1.93 bits per heavy atom. The number of carboxylic acid groups (broad SMARTS) is 1. The maximum absolute atomic E-state index is 12.3. The molecule has 0 saturated heterocycles. The quantitative estimate of drug-likeness (QED) is 0.650. The number of carbonyl (C=O) groups is 2. The van der Waals surface area contributed by atoms with E-state index in [1.165, 1.54) is 7.11 Å². The monoisotopic (exact) mass is 382 g/mol. The minimum Gasteiger partial charge on any atom is -0.545 e. The van der Waals surface area contributed by atoms with Crippen LogP contribution < -0.4 is 10.4 Å². The molecule has 3 atom stereocenters. The second kappa shape index (κ2) is 6.74. The van der Waals surface area contributed by atoms with E-state index >= 15 is 0 Å². The van der Waals surface area contributed by atoms with Crippen molar-refractivity contribution in [3.63, 3.8) is 0 Å². The fourth-order valence-electron chi connectivity index (χ4n) is 4.12. The molecule has 0 amide bonds. The topological polar surface area (TPSA) is 78.5 Å². The molecule has 5 nitrogen and oxygen atoms in total. The number of methoxy groups -OCH3 is 1.